The molecule has 0 radical (unpaired) electrons. The van der Waals surface area contributed by atoms with Gasteiger partial charge in [-0.3, -0.25) is 4.79 Å². The van der Waals surface area contributed by atoms with Crippen LogP contribution in [0.5, 0.6) is 5.75 Å². The molecule has 4 nitrogen and oxygen atoms in total. The lowest BCUT2D eigenvalue weighted by Gasteiger charge is -2.40. The highest BCUT2D eigenvalue weighted by Crippen LogP contribution is 2.29. The first kappa shape index (κ1) is 15.8. The van der Waals surface area contributed by atoms with Crippen molar-refractivity contribution in [1.29, 1.82) is 0 Å². The second kappa shape index (κ2) is 6.94. The molecular formula is C17H26N2O2. The second-order valence-corrected chi connectivity index (χ2v) is 6.18. The molecule has 1 aliphatic heterocycles. The van der Waals surface area contributed by atoms with E-state index in [-0.39, 0.29) is 5.91 Å². The number of carbonyl (C=O) groups is 1. The molecule has 0 atom stereocenters. The summed E-state index contributed by atoms with van der Waals surface area (Å²) in [6.45, 7) is 7.33. The van der Waals surface area contributed by atoms with Crippen LogP contribution in [0.3, 0.4) is 0 Å². The number of hydrogen-bond donors (Lipinski definition) is 1. The molecule has 21 heavy (non-hydrogen) atoms. The Balaban J connectivity index is 2.08. The molecule has 1 heterocycles. The van der Waals surface area contributed by atoms with Crippen LogP contribution in [0.1, 0.15) is 26.7 Å². The number of likely N-dealkylation sites (N-methyl/N-ethyl adjacent to an activating group) is 1. The average molecular weight is 290 g/mol. The van der Waals surface area contributed by atoms with Crippen LogP contribution in [0.4, 0.5) is 0 Å². The van der Waals surface area contributed by atoms with E-state index in [2.05, 4.69) is 24.1 Å². The summed E-state index contributed by atoms with van der Waals surface area (Å²) in [4.78, 5) is 14.8. The van der Waals surface area contributed by atoms with Crippen LogP contribution in [-0.2, 0) is 4.79 Å². The summed E-state index contributed by atoms with van der Waals surface area (Å²) >= 11 is 0. The Kier molecular flexibility index (Phi) is 5.23. The first-order chi connectivity index (χ1) is 10.1. The quantitative estimate of drug-likeness (QED) is 0.905. The monoisotopic (exact) mass is 290 g/mol. The van der Waals surface area contributed by atoms with Gasteiger partial charge >= 0.3 is 0 Å². The summed E-state index contributed by atoms with van der Waals surface area (Å²) in [5.41, 5.74) is -0.733. The van der Waals surface area contributed by atoms with Gasteiger partial charge in [0.1, 0.15) is 5.75 Å². The standard InChI is InChI=1S/C17H26N2O2/c1-14(2)13-19-11-9-17(10-12-19,16(20)18-3)21-15-7-5-4-6-8-15/h4-8,14H,9-13H2,1-3H3,(H,18,20). The number of likely N-dealkylation sites (tertiary alicyclic amines) is 1. The summed E-state index contributed by atoms with van der Waals surface area (Å²) in [6, 6.07) is 9.63. The van der Waals surface area contributed by atoms with Crippen molar-refractivity contribution in [3.05, 3.63) is 30.3 Å². The molecule has 1 fully saturated rings. The Morgan fingerprint density at radius 1 is 1.29 bits per heavy atom. The number of piperidine rings is 1. The van der Waals surface area contributed by atoms with Crippen LogP contribution < -0.4 is 10.1 Å². The highest BCUT2D eigenvalue weighted by atomic mass is 16.5. The second-order valence-electron chi connectivity index (χ2n) is 6.18. The number of benzene rings is 1. The minimum Gasteiger partial charge on any atom is -0.477 e. The van der Waals surface area contributed by atoms with Crippen molar-refractivity contribution < 1.29 is 9.53 Å². The number of hydrogen-bond acceptors (Lipinski definition) is 3. The van der Waals surface area contributed by atoms with Crippen LogP contribution in [0.25, 0.3) is 0 Å². The van der Waals surface area contributed by atoms with Gasteiger partial charge in [0.2, 0.25) is 0 Å². The number of amides is 1. The van der Waals surface area contributed by atoms with E-state index in [0.29, 0.717) is 5.92 Å². The minimum absolute atomic E-state index is 0.0180. The highest BCUT2D eigenvalue weighted by molar-refractivity contribution is 5.85. The lowest BCUT2D eigenvalue weighted by atomic mass is 9.89. The highest BCUT2D eigenvalue weighted by Gasteiger charge is 2.43. The van der Waals surface area contributed by atoms with E-state index in [1.54, 1.807) is 7.05 Å². The number of para-hydroxylation sites is 1. The average Bonchev–Trinajstić information content (AvgIpc) is 2.49. The van der Waals surface area contributed by atoms with E-state index in [1.807, 2.05) is 30.3 Å². The Morgan fingerprint density at radius 3 is 2.43 bits per heavy atom. The fourth-order valence-electron chi connectivity index (χ4n) is 2.93. The molecule has 4 heteroatoms. The smallest absolute Gasteiger partial charge is 0.264 e. The van der Waals surface area contributed by atoms with Gasteiger partial charge in [0, 0.05) is 39.5 Å². The van der Waals surface area contributed by atoms with Crippen molar-refractivity contribution in [3.8, 4) is 5.75 Å². The lowest BCUT2D eigenvalue weighted by molar-refractivity contribution is -0.140. The normalized spacial score (nSPS) is 18.5. The molecule has 0 unspecified atom stereocenters. The van der Waals surface area contributed by atoms with Crippen molar-refractivity contribution in [2.24, 2.45) is 5.92 Å². The zero-order valence-corrected chi connectivity index (χ0v) is 13.3. The fourth-order valence-corrected chi connectivity index (χ4v) is 2.93. The molecule has 0 aromatic heterocycles. The summed E-state index contributed by atoms with van der Waals surface area (Å²) < 4.78 is 6.11. The topological polar surface area (TPSA) is 41.6 Å². The zero-order chi connectivity index (χ0) is 15.3. The lowest BCUT2D eigenvalue weighted by Crippen LogP contribution is -2.57. The molecule has 0 saturated carbocycles. The molecule has 1 aliphatic rings. The van der Waals surface area contributed by atoms with Crippen LogP contribution in [0.2, 0.25) is 0 Å². The Hall–Kier alpha value is -1.55. The number of rotatable bonds is 5. The SMILES string of the molecule is CNC(=O)C1(Oc2ccccc2)CCN(CC(C)C)CC1. The van der Waals surface area contributed by atoms with Crippen molar-refractivity contribution >= 4 is 5.91 Å². The first-order valence-electron chi connectivity index (χ1n) is 7.74. The Morgan fingerprint density at radius 2 is 1.90 bits per heavy atom. The molecule has 0 bridgehead atoms. The maximum Gasteiger partial charge on any atom is 0.264 e. The number of carbonyl (C=O) groups excluding carboxylic acids is 1. The molecule has 1 saturated heterocycles. The number of ether oxygens (including phenoxy) is 1. The van der Waals surface area contributed by atoms with Gasteiger partial charge in [-0.2, -0.15) is 0 Å². The van der Waals surface area contributed by atoms with Crippen molar-refractivity contribution in [1.82, 2.24) is 10.2 Å². The van der Waals surface area contributed by atoms with E-state index < -0.39 is 5.60 Å². The molecule has 1 aromatic carbocycles. The molecule has 0 spiro atoms. The Bertz CT molecular complexity index is 451. The molecular weight excluding hydrogens is 264 g/mol. The maximum absolute atomic E-state index is 12.4. The van der Waals surface area contributed by atoms with Gasteiger partial charge in [0.05, 0.1) is 0 Å². The van der Waals surface area contributed by atoms with E-state index in [0.717, 1.165) is 38.2 Å². The van der Waals surface area contributed by atoms with Gasteiger partial charge < -0.3 is 15.0 Å². The van der Waals surface area contributed by atoms with E-state index >= 15 is 0 Å². The van der Waals surface area contributed by atoms with Gasteiger partial charge in [0.15, 0.2) is 5.60 Å². The predicted molar refractivity (Wildman–Crippen MR) is 84.4 cm³/mol. The summed E-state index contributed by atoms with van der Waals surface area (Å²) in [6.07, 6.45) is 1.46. The predicted octanol–water partition coefficient (Wildman–Crippen LogP) is 2.30. The van der Waals surface area contributed by atoms with Crippen LogP contribution in [0.15, 0.2) is 30.3 Å². The summed E-state index contributed by atoms with van der Waals surface area (Å²) in [5, 5.41) is 2.77. The van der Waals surface area contributed by atoms with Gasteiger partial charge in [-0.25, -0.2) is 0 Å². The van der Waals surface area contributed by atoms with Crippen LogP contribution in [0, 0.1) is 5.92 Å². The fraction of sp³-hybridized carbons (Fsp3) is 0.588. The van der Waals surface area contributed by atoms with Gasteiger partial charge in [-0.1, -0.05) is 32.0 Å². The van der Waals surface area contributed by atoms with Crippen molar-refractivity contribution in [3.63, 3.8) is 0 Å². The molecule has 116 valence electrons. The molecule has 1 N–H and O–H groups in total. The summed E-state index contributed by atoms with van der Waals surface area (Å²) in [7, 11) is 1.68. The van der Waals surface area contributed by atoms with E-state index in [1.165, 1.54) is 0 Å². The van der Waals surface area contributed by atoms with Crippen molar-refractivity contribution in [2.75, 3.05) is 26.7 Å². The third-order valence-electron chi connectivity index (χ3n) is 3.98. The van der Waals surface area contributed by atoms with Gasteiger partial charge in [0.25, 0.3) is 5.91 Å². The van der Waals surface area contributed by atoms with Crippen LogP contribution in [-0.4, -0.2) is 43.1 Å². The molecule has 1 aromatic rings. The van der Waals surface area contributed by atoms with E-state index in [9.17, 15) is 4.79 Å². The van der Waals surface area contributed by atoms with Gasteiger partial charge in [-0.05, 0) is 18.1 Å². The zero-order valence-electron chi connectivity index (χ0n) is 13.3. The Labute approximate surface area is 127 Å². The van der Waals surface area contributed by atoms with Crippen molar-refractivity contribution in [2.45, 2.75) is 32.3 Å². The van der Waals surface area contributed by atoms with Crippen LogP contribution >= 0.6 is 0 Å². The number of nitrogens with zero attached hydrogens (tertiary/aromatic N) is 1. The minimum atomic E-state index is -0.733. The first-order valence-corrected chi connectivity index (χ1v) is 7.74. The molecule has 0 aliphatic carbocycles. The van der Waals surface area contributed by atoms with E-state index in [4.69, 9.17) is 4.74 Å². The maximum atomic E-state index is 12.4. The third kappa shape index (κ3) is 3.97. The number of nitrogens with one attached hydrogen (secondary N) is 1. The van der Waals surface area contributed by atoms with Gasteiger partial charge in [-0.15, -0.1) is 0 Å². The summed E-state index contributed by atoms with van der Waals surface area (Å²) in [5.74, 6) is 1.39. The molecule has 2 rings (SSSR count). The molecule has 1 amide bonds. The largest absolute Gasteiger partial charge is 0.477 e. The third-order valence-corrected chi connectivity index (χ3v) is 3.98.